The number of para-hydroxylation sites is 1. The maximum absolute atomic E-state index is 12.4. The summed E-state index contributed by atoms with van der Waals surface area (Å²) in [7, 11) is 1.66. The van der Waals surface area contributed by atoms with Crippen molar-refractivity contribution in [3.05, 3.63) is 52.8 Å². The van der Waals surface area contributed by atoms with Crippen molar-refractivity contribution >= 4 is 34.3 Å². The minimum absolute atomic E-state index is 0.129. The highest BCUT2D eigenvalue weighted by molar-refractivity contribution is 7.99. The van der Waals surface area contributed by atoms with Crippen LogP contribution in [0.15, 0.2) is 52.4 Å². The number of carbonyl (C=O) groups excluding carboxylic acids is 1. The molecule has 4 rings (SSSR count). The summed E-state index contributed by atoms with van der Waals surface area (Å²) in [6.45, 7) is 1.01. The summed E-state index contributed by atoms with van der Waals surface area (Å²) in [4.78, 5) is 29.2. The second-order valence-electron chi connectivity index (χ2n) is 5.97. The van der Waals surface area contributed by atoms with Crippen LogP contribution in [0.1, 0.15) is 0 Å². The first-order chi connectivity index (χ1) is 13.1. The van der Waals surface area contributed by atoms with Crippen LogP contribution in [0.5, 0.6) is 11.5 Å². The lowest BCUT2D eigenvalue weighted by molar-refractivity contribution is -0.113. The molecule has 8 heteroatoms. The molecule has 0 atom stereocenters. The first-order valence-corrected chi connectivity index (χ1v) is 9.38. The molecule has 3 aromatic rings. The van der Waals surface area contributed by atoms with E-state index in [0.717, 1.165) is 0 Å². The van der Waals surface area contributed by atoms with Gasteiger partial charge in [-0.3, -0.25) is 14.2 Å². The summed E-state index contributed by atoms with van der Waals surface area (Å²) >= 11 is 1.22. The third-order valence-electron chi connectivity index (χ3n) is 4.10. The normalized spacial score (nSPS) is 12.8. The Balaban J connectivity index is 1.46. The fourth-order valence-electron chi connectivity index (χ4n) is 2.77. The Morgan fingerprint density at radius 1 is 1.19 bits per heavy atom. The molecular formula is C19H17N3O4S. The third kappa shape index (κ3) is 3.61. The molecule has 0 saturated heterocycles. The Morgan fingerprint density at radius 2 is 1.96 bits per heavy atom. The van der Waals surface area contributed by atoms with E-state index in [-0.39, 0.29) is 17.2 Å². The SMILES string of the molecule is Cn1c(SCC(=O)Nc2ccc3c(c2)OCCO3)nc2ccccc2c1=O. The van der Waals surface area contributed by atoms with Gasteiger partial charge in [0.1, 0.15) is 13.2 Å². The zero-order valence-corrected chi connectivity index (χ0v) is 15.4. The fraction of sp³-hybridized carbons (Fsp3) is 0.211. The maximum atomic E-state index is 12.4. The lowest BCUT2D eigenvalue weighted by atomic mass is 10.2. The number of benzene rings is 2. The van der Waals surface area contributed by atoms with E-state index in [9.17, 15) is 9.59 Å². The van der Waals surface area contributed by atoms with Gasteiger partial charge in [-0.25, -0.2) is 4.98 Å². The van der Waals surface area contributed by atoms with Crippen LogP contribution in [0.4, 0.5) is 5.69 Å². The van der Waals surface area contributed by atoms with Crippen LogP contribution in [0, 0.1) is 0 Å². The van der Waals surface area contributed by atoms with E-state index >= 15 is 0 Å². The second-order valence-corrected chi connectivity index (χ2v) is 6.91. The van der Waals surface area contributed by atoms with Crippen molar-refractivity contribution in [2.24, 2.45) is 7.05 Å². The summed E-state index contributed by atoms with van der Waals surface area (Å²) in [6.07, 6.45) is 0. The van der Waals surface area contributed by atoms with E-state index in [2.05, 4.69) is 10.3 Å². The Labute approximate surface area is 159 Å². The van der Waals surface area contributed by atoms with Crippen molar-refractivity contribution in [1.29, 1.82) is 0 Å². The first-order valence-electron chi connectivity index (χ1n) is 8.40. The number of nitrogens with zero attached hydrogens (tertiary/aromatic N) is 2. The van der Waals surface area contributed by atoms with Gasteiger partial charge in [0.2, 0.25) is 5.91 Å². The molecule has 0 saturated carbocycles. The average Bonchev–Trinajstić information content (AvgIpc) is 2.69. The third-order valence-corrected chi connectivity index (χ3v) is 5.13. The van der Waals surface area contributed by atoms with Gasteiger partial charge >= 0.3 is 0 Å². The van der Waals surface area contributed by atoms with Crippen LogP contribution in [0.3, 0.4) is 0 Å². The molecule has 1 aliphatic rings. The summed E-state index contributed by atoms with van der Waals surface area (Å²) in [6, 6.07) is 12.4. The number of thioether (sulfide) groups is 1. The predicted octanol–water partition coefficient (Wildman–Crippen LogP) is 2.44. The fourth-order valence-corrected chi connectivity index (χ4v) is 3.55. The summed E-state index contributed by atoms with van der Waals surface area (Å²) in [5.74, 6) is 1.22. The molecule has 0 spiro atoms. The van der Waals surface area contributed by atoms with Gasteiger partial charge in [0, 0.05) is 18.8 Å². The largest absolute Gasteiger partial charge is 0.486 e. The number of hydrogen-bond donors (Lipinski definition) is 1. The van der Waals surface area contributed by atoms with Gasteiger partial charge in [-0.2, -0.15) is 0 Å². The number of fused-ring (bicyclic) bond motifs is 2. The molecule has 138 valence electrons. The number of hydrogen-bond acceptors (Lipinski definition) is 6. The van der Waals surface area contributed by atoms with Crippen molar-refractivity contribution < 1.29 is 14.3 Å². The van der Waals surface area contributed by atoms with Crippen molar-refractivity contribution in [3.8, 4) is 11.5 Å². The van der Waals surface area contributed by atoms with Crippen LogP contribution >= 0.6 is 11.8 Å². The zero-order valence-electron chi connectivity index (χ0n) is 14.6. The molecule has 1 aromatic heterocycles. The number of amides is 1. The number of rotatable bonds is 4. The van der Waals surface area contributed by atoms with Crippen molar-refractivity contribution in [2.75, 3.05) is 24.3 Å². The van der Waals surface area contributed by atoms with Gasteiger partial charge in [0.25, 0.3) is 5.56 Å². The first kappa shape index (κ1) is 17.4. The maximum Gasteiger partial charge on any atom is 0.261 e. The van der Waals surface area contributed by atoms with Crippen LogP contribution < -0.4 is 20.3 Å². The Bertz CT molecular complexity index is 1080. The quantitative estimate of drug-likeness (QED) is 0.550. The van der Waals surface area contributed by atoms with Gasteiger partial charge in [-0.15, -0.1) is 0 Å². The van der Waals surface area contributed by atoms with Crippen LogP contribution in [-0.4, -0.2) is 34.4 Å². The van der Waals surface area contributed by atoms with Gasteiger partial charge in [0.05, 0.1) is 16.7 Å². The minimum Gasteiger partial charge on any atom is -0.486 e. The van der Waals surface area contributed by atoms with E-state index in [1.54, 1.807) is 43.4 Å². The molecular weight excluding hydrogens is 366 g/mol. The number of ether oxygens (including phenoxy) is 2. The molecule has 0 radical (unpaired) electrons. The molecule has 27 heavy (non-hydrogen) atoms. The highest BCUT2D eigenvalue weighted by atomic mass is 32.2. The minimum atomic E-state index is -0.195. The lowest BCUT2D eigenvalue weighted by Gasteiger charge is -2.19. The number of carbonyl (C=O) groups is 1. The van der Waals surface area contributed by atoms with E-state index in [1.165, 1.54) is 16.3 Å². The average molecular weight is 383 g/mol. The second kappa shape index (κ2) is 7.32. The van der Waals surface area contributed by atoms with Crippen molar-refractivity contribution in [3.63, 3.8) is 0 Å². The highest BCUT2D eigenvalue weighted by Crippen LogP contribution is 2.32. The van der Waals surface area contributed by atoms with E-state index in [0.29, 0.717) is 46.5 Å². The van der Waals surface area contributed by atoms with E-state index < -0.39 is 0 Å². The molecule has 1 N–H and O–H groups in total. The molecule has 2 heterocycles. The molecule has 1 amide bonds. The number of anilines is 1. The van der Waals surface area contributed by atoms with E-state index in [4.69, 9.17) is 9.47 Å². The molecule has 0 aliphatic carbocycles. The lowest BCUT2D eigenvalue weighted by Crippen LogP contribution is -2.21. The Kier molecular flexibility index (Phi) is 4.72. The molecule has 0 fully saturated rings. The van der Waals surface area contributed by atoms with Crippen LogP contribution in [0.25, 0.3) is 10.9 Å². The monoisotopic (exact) mass is 383 g/mol. The Morgan fingerprint density at radius 3 is 2.81 bits per heavy atom. The highest BCUT2D eigenvalue weighted by Gasteiger charge is 2.14. The summed E-state index contributed by atoms with van der Waals surface area (Å²) < 4.78 is 12.4. The zero-order chi connectivity index (χ0) is 18.8. The molecule has 1 aliphatic heterocycles. The van der Waals surface area contributed by atoms with Crippen molar-refractivity contribution in [2.45, 2.75) is 5.16 Å². The molecule has 2 aromatic carbocycles. The molecule has 7 nitrogen and oxygen atoms in total. The molecule has 0 unspecified atom stereocenters. The summed E-state index contributed by atoms with van der Waals surface area (Å²) in [5, 5.41) is 3.88. The van der Waals surface area contributed by atoms with Crippen molar-refractivity contribution in [1.82, 2.24) is 9.55 Å². The molecule has 0 bridgehead atoms. The standard InChI is InChI=1S/C19H17N3O4S/c1-22-18(24)13-4-2-3-5-14(13)21-19(22)27-11-17(23)20-12-6-7-15-16(10-12)26-9-8-25-15/h2-7,10H,8-9,11H2,1H3,(H,20,23). The van der Waals surface area contributed by atoms with Gasteiger partial charge in [-0.05, 0) is 24.3 Å². The van der Waals surface area contributed by atoms with Crippen LogP contribution in [-0.2, 0) is 11.8 Å². The summed E-state index contributed by atoms with van der Waals surface area (Å²) in [5.41, 5.74) is 1.12. The van der Waals surface area contributed by atoms with Gasteiger partial charge in [0.15, 0.2) is 16.7 Å². The van der Waals surface area contributed by atoms with Gasteiger partial charge in [-0.1, -0.05) is 23.9 Å². The number of aromatic nitrogens is 2. The van der Waals surface area contributed by atoms with E-state index in [1.807, 2.05) is 6.07 Å². The number of nitrogens with one attached hydrogen (secondary N) is 1. The topological polar surface area (TPSA) is 82.5 Å². The van der Waals surface area contributed by atoms with Gasteiger partial charge < -0.3 is 14.8 Å². The van der Waals surface area contributed by atoms with Crippen LogP contribution in [0.2, 0.25) is 0 Å². The predicted molar refractivity (Wildman–Crippen MR) is 104 cm³/mol. The Hall–Kier alpha value is -3.00. The smallest absolute Gasteiger partial charge is 0.261 e.